The zero-order chi connectivity index (χ0) is 10.3. The van der Waals surface area contributed by atoms with Gasteiger partial charge in [0, 0.05) is 6.54 Å². The number of aliphatic carboxylic acids is 1. The van der Waals surface area contributed by atoms with Crippen molar-refractivity contribution >= 4 is 11.9 Å². The molecule has 0 bridgehead atoms. The summed E-state index contributed by atoms with van der Waals surface area (Å²) < 4.78 is 4.68. The van der Waals surface area contributed by atoms with Crippen LogP contribution in [0.2, 0.25) is 0 Å². The first-order valence-corrected chi connectivity index (χ1v) is 4.12. The quantitative estimate of drug-likeness (QED) is 0.594. The Labute approximate surface area is 77.3 Å². The lowest BCUT2D eigenvalue weighted by Gasteiger charge is -2.12. The molecule has 0 aliphatic heterocycles. The van der Waals surface area contributed by atoms with E-state index in [1.807, 2.05) is 0 Å². The number of carboxylic acids is 1. The highest BCUT2D eigenvalue weighted by molar-refractivity contribution is 5.70. The van der Waals surface area contributed by atoms with Gasteiger partial charge in [0.15, 0.2) is 0 Å². The Morgan fingerprint density at radius 3 is 2.54 bits per heavy atom. The molecule has 0 rings (SSSR count). The maximum absolute atomic E-state index is 10.8. The zero-order valence-corrected chi connectivity index (χ0v) is 7.95. The van der Waals surface area contributed by atoms with Gasteiger partial charge in [0.05, 0.1) is 19.6 Å². The minimum absolute atomic E-state index is 0.0561. The third kappa shape index (κ3) is 7.27. The maximum Gasteiger partial charge on any atom is 0.317 e. The Morgan fingerprint density at radius 2 is 2.08 bits per heavy atom. The van der Waals surface area contributed by atoms with Crippen molar-refractivity contribution in [1.82, 2.24) is 4.90 Å². The van der Waals surface area contributed by atoms with E-state index in [0.717, 1.165) is 0 Å². The number of esters is 1. The van der Waals surface area contributed by atoms with Gasteiger partial charge in [0.1, 0.15) is 0 Å². The van der Waals surface area contributed by atoms with Crippen LogP contribution in [-0.2, 0) is 14.3 Å². The van der Waals surface area contributed by atoms with E-state index < -0.39 is 5.97 Å². The molecule has 0 heterocycles. The van der Waals surface area contributed by atoms with Crippen molar-refractivity contribution in [2.45, 2.75) is 13.3 Å². The fourth-order valence-corrected chi connectivity index (χ4v) is 0.825. The van der Waals surface area contributed by atoms with E-state index in [9.17, 15) is 9.59 Å². The molecule has 13 heavy (non-hydrogen) atoms. The summed E-state index contributed by atoms with van der Waals surface area (Å²) in [4.78, 5) is 22.6. The van der Waals surface area contributed by atoms with Crippen LogP contribution in [0.15, 0.2) is 0 Å². The van der Waals surface area contributed by atoms with Gasteiger partial charge >= 0.3 is 11.9 Å². The van der Waals surface area contributed by atoms with E-state index in [1.165, 1.54) is 0 Å². The van der Waals surface area contributed by atoms with E-state index in [0.29, 0.717) is 13.2 Å². The second-order valence-electron chi connectivity index (χ2n) is 2.69. The Bertz CT molecular complexity index is 181. The molecule has 0 amide bonds. The van der Waals surface area contributed by atoms with Crippen molar-refractivity contribution in [1.29, 1.82) is 0 Å². The topological polar surface area (TPSA) is 66.8 Å². The molecule has 5 heteroatoms. The van der Waals surface area contributed by atoms with E-state index in [2.05, 4.69) is 4.74 Å². The molecule has 0 saturated heterocycles. The number of hydrogen-bond acceptors (Lipinski definition) is 4. The van der Waals surface area contributed by atoms with Gasteiger partial charge in [-0.25, -0.2) is 0 Å². The summed E-state index contributed by atoms with van der Waals surface area (Å²) in [5, 5.41) is 8.39. The number of carboxylic acid groups (broad SMARTS) is 1. The van der Waals surface area contributed by atoms with Crippen LogP contribution in [0.25, 0.3) is 0 Å². The molecule has 0 spiro atoms. The molecule has 0 aliphatic rings. The van der Waals surface area contributed by atoms with E-state index in [1.54, 1.807) is 18.9 Å². The summed E-state index contributed by atoms with van der Waals surface area (Å²) in [6.45, 7) is 2.45. The average Bonchev–Trinajstić information content (AvgIpc) is 2.00. The summed E-state index contributed by atoms with van der Waals surface area (Å²) in [5.74, 6) is -1.19. The molecule has 0 radical (unpaired) electrons. The number of likely N-dealkylation sites (N-methyl/N-ethyl adjacent to an activating group) is 1. The predicted octanol–water partition coefficient (Wildman–Crippen LogP) is -0.0440. The molecule has 0 fully saturated rings. The summed E-state index contributed by atoms with van der Waals surface area (Å²) in [6.07, 6.45) is 0.234. The largest absolute Gasteiger partial charge is 0.480 e. The molecule has 0 unspecified atom stereocenters. The monoisotopic (exact) mass is 189 g/mol. The molecule has 0 saturated carbocycles. The molecule has 1 N–H and O–H groups in total. The first kappa shape index (κ1) is 11.9. The van der Waals surface area contributed by atoms with Gasteiger partial charge in [-0.3, -0.25) is 14.5 Å². The van der Waals surface area contributed by atoms with Gasteiger partial charge in [0.25, 0.3) is 0 Å². The summed E-state index contributed by atoms with van der Waals surface area (Å²) in [7, 11) is 1.65. The first-order valence-electron chi connectivity index (χ1n) is 4.12. The van der Waals surface area contributed by atoms with Crippen LogP contribution in [0.5, 0.6) is 0 Å². The average molecular weight is 189 g/mol. The van der Waals surface area contributed by atoms with Crippen LogP contribution >= 0.6 is 0 Å². The van der Waals surface area contributed by atoms with Crippen molar-refractivity contribution in [2.75, 3.05) is 26.7 Å². The fraction of sp³-hybridized carbons (Fsp3) is 0.750. The Hall–Kier alpha value is -1.10. The van der Waals surface area contributed by atoms with Gasteiger partial charge in [-0.15, -0.1) is 0 Å². The lowest BCUT2D eigenvalue weighted by atomic mass is 10.4. The number of rotatable bonds is 6. The van der Waals surface area contributed by atoms with Crippen LogP contribution in [0.3, 0.4) is 0 Å². The smallest absolute Gasteiger partial charge is 0.317 e. The van der Waals surface area contributed by atoms with Gasteiger partial charge in [-0.05, 0) is 14.0 Å². The Kier molecular flexibility index (Phi) is 5.88. The highest BCUT2D eigenvalue weighted by Crippen LogP contribution is 1.90. The van der Waals surface area contributed by atoms with Crippen LogP contribution in [0.1, 0.15) is 13.3 Å². The van der Waals surface area contributed by atoms with Crippen LogP contribution < -0.4 is 0 Å². The normalized spacial score (nSPS) is 10.1. The minimum Gasteiger partial charge on any atom is -0.480 e. The Morgan fingerprint density at radius 1 is 1.46 bits per heavy atom. The molecular formula is C8H15NO4. The molecule has 0 aromatic carbocycles. The van der Waals surface area contributed by atoms with Crippen molar-refractivity contribution in [3.63, 3.8) is 0 Å². The third-order valence-electron chi connectivity index (χ3n) is 1.41. The number of nitrogens with zero attached hydrogens (tertiary/aromatic N) is 1. The highest BCUT2D eigenvalue weighted by Gasteiger charge is 2.07. The first-order chi connectivity index (χ1) is 6.06. The number of carbonyl (C=O) groups is 2. The molecule has 5 nitrogen and oxygen atoms in total. The SMILES string of the molecule is CCOC(=O)CCN(C)CC(=O)O. The van der Waals surface area contributed by atoms with Gasteiger partial charge in [0.2, 0.25) is 0 Å². The molecule has 76 valence electrons. The molecule has 0 aliphatic carbocycles. The Balaban J connectivity index is 3.51. The third-order valence-corrected chi connectivity index (χ3v) is 1.41. The highest BCUT2D eigenvalue weighted by atomic mass is 16.5. The van der Waals surface area contributed by atoms with Crippen molar-refractivity contribution in [3.05, 3.63) is 0 Å². The second kappa shape index (κ2) is 6.42. The minimum atomic E-state index is -0.897. The molecule has 0 aromatic heterocycles. The zero-order valence-electron chi connectivity index (χ0n) is 7.95. The summed E-state index contributed by atoms with van der Waals surface area (Å²) >= 11 is 0. The molecule has 0 aromatic rings. The fourth-order valence-electron chi connectivity index (χ4n) is 0.825. The van der Waals surface area contributed by atoms with Gasteiger partial charge in [-0.1, -0.05) is 0 Å². The number of ether oxygens (including phenoxy) is 1. The van der Waals surface area contributed by atoms with Crippen LogP contribution in [0, 0.1) is 0 Å². The second-order valence-corrected chi connectivity index (χ2v) is 2.69. The van der Waals surface area contributed by atoms with E-state index in [4.69, 9.17) is 5.11 Å². The molecular weight excluding hydrogens is 174 g/mol. The summed E-state index contributed by atoms with van der Waals surface area (Å²) in [6, 6.07) is 0. The predicted molar refractivity (Wildman–Crippen MR) is 46.4 cm³/mol. The van der Waals surface area contributed by atoms with Crippen molar-refractivity contribution in [3.8, 4) is 0 Å². The van der Waals surface area contributed by atoms with Crippen molar-refractivity contribution < 1.29 is 19.4 Å². The van der Waals surface area contributed by atoms with E-state index in [-0.39, 0.29) is 18.9 Å². The van der Waals surface area contributed by atoms with Crippen molar-refractivity contribution in [2.24, 2.45) is 0 Å². The van der Waals surface area contributed by atoms with Crippen LogP contribution in [-0.4, -0.2) is 48.7 Å². The standard InChI is InChI=1S/C8H15NO4/c1-3-13-8(12)4-5-9(2)6-7(10)11/h3-6H2,1-2H3,(H,10,11). The number of carbonyl (C=O) groups excluding carboxylic acids is 1. The summed E-state index contributed by atoms with van der Waals surface area (Å²) in [5.41, 5.74) is 0. The van der Waals surface area contributed by atoms with Gasteiger partial charge < -0.3 is 9.84 Å². The lowest BCUT2D eigenvalue weighted by molar-refractivity contribution is -0.144. The lowest BCUT2D eigenvalue weighted by Crippen LogP contribution is -2.28. The van der Waals surface area contributed by atoms with E-state index >= 15 is 0 Å². The number of hydrogen-bond donors (Lipinski definition) is 1. The maximum atomic E-state index is 10.8. The molecule has 0 atom stereocenters. The van der Waals surface area contributed by atoms with Crippen LogP contribution in [0.4, 0.5) is 0 Å². The van der Waals surface area contributed by atoms with Gasteiger partial charge in [-0.2, -0.15) is 0 Å².